The maximum atomic E-state index is 12.3. The van der Waals surface area contributed by atoms with Crippen molar-refractivity contribution >= 4 is 26.9 Å². The molecule has 0 saturated carbocycles. The Morgan fingerprint density at radius 2 is 1.95 bits per heavy atom. The molecule has 0 amide bonds. The van der Waals surface area contributed by atoms with Crippen LogP contribution in [0.25, 0.3) is 17.0 Å². The summed E-state index contributed by atoms with van der Waals surface area (Å²) < 4.78 is 29.0. The number of hydrogen-bond donors (Lipinski definition) is 0. The summed E-state index contributed by atoms with van der Waals surface area (Å²) in [5.74, 6) is 0.357. The summed E-state index contributed by atoms with van der Waals surface area (Å²) in [7, 11) is -3.68. The molecule has 0 spiro atoms. The van der Waals surface area contributed by atoms with Crippen LogP contribution in [0.3, 0.4) is 0 Å². The maximum Gasteiger partial charge on any atom is 0.193 e. The Hall–Kier alpha value is -2.06. The molecule has 0 bridgehead atoms. The zero-order valence-electron chi connectivity index (χ0n) is 11.5. The number of sulfone groups is 1. The van der Waals surface area contributed by atoms with Crippen LogP contribution in [0, 0.1) is 11.3 Å². The third-order valence-electron chi connectivity index (χ3n) is 2.92. The smallest absolute Gasteiger partial charge is 0.193 e. The van der Waals surface area contributed by atoms with Crippen LogP contribution in [0.15, 0.2) is 39.7 Å². The number of allylic oxidation sites excluding steroid dienone is 1. The summed E-state index contributed by atoms with van der Waals surface area (Å²) in [6.07, 6.45) is 1.28. The number of nitriles is 1. The first-order valence-corrected chi connectivity index (χ1v) is 7.59. The second-order valence-electron chi connectivity index (χ2n) is 5.42. The first-order valence-electron chi connectivity index (χ1n) is 6.11. The van der Waals surface area contributed by atoms with Crippen LogP contribution in [0.1, 0.15) is 26.5 Å². The summed E-state index contributed by atoms with van der Waals surface area (Å²) in [5.41, 5.74) is 0.657. The molecule has 0 aliphatic carbocycles. The van der Waals surface area contributed by atoms with Gasteiger partial charge in [-0.15, -0.1) is 0 Å². The number of hydrogen-bond acceptors (Lipinski definition) is 4. The molecular weight excluding hydrogens is 274 g/mol. The van der Waals surface area contributed by atoms with E-state index in [0.717, 1.165) is 5.39 Å². The van der Waals surface area contributed by atoms with Crippen molar-refractivity contribution in [1.82, 2.24) is 0 Å². The average molecular weight is 289 g/mol. The van der Waals surface area contributed by atoms with Crippen molar-refractivity contribution in [3.05, 3.63) is 41.0 Å². The molecule has 0 radical (unpaired) electrons. The minimum absolute atomic E-state index is 0.288. The van der Waals surface area contributed by atoms with Gasteiger partial charge in [-0.25, -0.2) is 8.42 Å². The Kier molecular flexibility index (Phi) is 3.45. The molecular formula is C15H15NO3S. The van der Waals surface area contributed by atoms with E-state index in [9.17, 15) is 8.42 Å². The van der Waals surface area contributed by atoms with Crippen LogP contribution in [0.2, 0.25) is 0 Å². The fourth-order valence-electron chi connectivity index (χ4n) is 1.70. The predicted octanol–water partition coefficient (Wildman–Crippen LogP) is 3.51. The van der Waals surface area contributed by atoms with E-state index in [1.54, 1.807) is 39.0 Å². The number of furan rings is 1. The molecule has 0 N–H and O–H groups in total. The first-order chi connectivity index (χ1) is 9.25. The van der Waals surface area contributed by atoms with E-state index in [2.05, 4.69) is 0 Å². The van der Waals surface area contributed by atoms with Crippen LogP contribution in [0.4, 0.5) is 0 Å². The molecule has 0 atom stereocenters. The molecule has 1 aromatic carbocycles. The topological polar surface area (TPSA) is 71.1 Å². The van der Waals surface area contributed by atoms with E-state index in [1.807, 2.05) is 18.2 Å². The van der Waals surface area contributed by atoms with Crippen molar-refractivity contribution < 1.29 is 12.8 Å². The van der Waals surface area contributed by atoms with Gasteiger partial charge < -0.3 is 4.42 Å². The van der Waals surface area contributed by atoms with Crippen molar-refractivity contribution in [2.45, 2.75) is 25.5 Å². The third kappa shape index (κ3) is 2.47. The van der Waals surface area contributed by atoms with Gasteiger partial charge in [0.25, 0.3) is 0 Å². The second kappa shape index (κ2) is 4.80. The number of para-hydroxylation sites is 1. The van der Waals surface area contributed by atoms with Crippen molar-refractivity contribution in [2.75, 3.05) is 0 Å². The van der Waals surface area contributed by atoms with Crippen molar-refractivity contribution in [3.8, 4) is 6.07 Å². The third-order valence-corrected chi connectivity index (χ3v) is 5.32. The molecule has 0 saturated heterocycles. The Morgan fingerprint density at radius 3 is 2.50 bits per heavy atom. The zero-order valence-corrected chi connectivity index (χ0v) is 12.4. The monoisotopic (exact) mass is 289 g/mol. The highest BCUT2D eigenvalue weighted by atomic mass is 32.2. The van der Waals surface area contributed by atoms with Crippen LogP contribution in [0.5, 0.6) is 0 Å². The van der Waals surface area contributed by atoms with Crippen LogP contribution in [-0.2, 0) is 9.84 Å². The SMILES string of the molecule is CC(C)(C)S(=O)(=O)/C(C#N)=C\c1cc2ccccc2o1. The summed E-state index contributed by atoms with van der Waals surface area (Å²) in [5, 5.41) is 9.99. The van der Waals surface area contributed by atoms with Gasteiger partial charge in [-0.1, -0.05) is 18.2 Å². The van der Waals surface area contributed by atoms with Gasteiger partial charge >= 0.3 is 0 Å². The lowest BCUT2D eigenvalue weighted by atomic mass is 10.2. The minimum Gasteiger partial charge on any atom is -0.457 e. The summed E-state index contributed by atoms with van der Waals surface area (Å²) in [6, 6.07) is 10.8. The zero-order chi connectivity index (χ0) is 15.0. The summed E-state index contributed by atoms with van der Waals surface area (Å²) >= 11 is 0. The number of rotatable bonds is 2. The van der Waals surface area contributed by atoms with E-state index < -0.39 is 14.6 Å². The normalized spacial score (nSPS) is 13.4. The lowest BCUT2D eigenvalue weighted by Crippen LogP contribution is -2.28. The molecule has 0 fully saturated rings. The van der Waals surface area contributed by atoms with Gasteiger partial charge in [-0.05, 0) is 32.9 Å². The van der Waals surface area contributed by atoms with E-state index in [0.29, 0.717) is 11.3 Å². The highest BCUT2D eigenvalue weighted by Gasteiger charge is 2.33. The molecule has 20 heavy (non-hydrogen) atoms. The quantitative estimate of drug-likeness (QED) is 0.793. The van der Waals surface area contributed by atoms with E-state index in [-0.39, 0.29) is 4.91 Å². The largest absolute Gasteiger partial charge is 0.457 e. The van der Waals surface area contributed by atoms with E-state index in [4.69, 9.17) is 9.68 Å². The van der Waals surface area contributed by atoms with Crippen molar-refractivity contribution in [1.29, 1.82) is 5.26 Å². The first kappa shape index (κ1) is 14.4. The Labute approximate surface area is 118 Å². The second-order valence-corrected chi connectivity index (χ2v) is 8.09. The van der Waals surface area contributed by atoms with Gasteiger partial charge in [-0.2, -0.15) is 5.26 Å². The highest BCUT2D eigenvalue weighted by Crippen LogP contribution is 2.27. The summed E-state index contributed by atoms with van der Waals surface area (Å²) in [4.78, 5) is -0.288. The van der Waals surface area contributed by atoms with Crippen LogP contribution in [-0.4, -0.2) is 13.2 Å². The standard InChI is InChI=1S/C15H15NO3S/c1-15(2,3)20(17,18)13(10-16)9-12-8-11-6-4-5-7-14(11)19-12/h4-9H,1-3H3/b13-9-. The van der Waals surface area contributed by atoms with Crippen molar-refractivity contribution in [3.63, 3.8) is 0 Å². The Bertz CT molecular complexity index is 782. The van der Waals surface area contributed by atoms with Crippen LogP contribution < -0.4 is 0 Å². The van der Waals surface area contributed by atoms with Crippen molar-refractivity contribution in [2.24, 2.45) is 0 Å². The predicted molar refractivity (Wildman–Crippen MR) is 78.5 cm³/mol. The van der Waals surface area contributed by atoms with Gasteiger partial charge in [0.1, 0.15) is 22.3 Å². The van der Waals surface area contributed by atoms with E-state index in [1.165, 1.54) is 6.08 Å². The average Bonchev–Trinajstić information content (AvgIpc) is 2.76. The minimum atomic E-state index is -3.68. The number of nitrogens with zero attached hydrogens (tertiary/aromatic N) is 1. The maximum absolute atomic E-state index is 12.3. The van der Waals surface area contributed by atoms with E-state index >= 15 is 0 Å². The van der Waals surface area contributed by atoms with Gasteiger partial charge in [0, 0.05) is 11.5 Å². The lowest BCUT2D eigenvalue weighted by molar-refractivity contribution is 0.568. The molecule has 4 nitrogen and oxygen atoms in total. The molecule has 0 aliphatic rings. The van der Waals surface area contributed by atoms with Gasteiger partial charge in [0.05, 0.1) is 4.75 Å². The molecule has 0 unspecified atom stereocenters. The molecule has 0 aliphatic heterocycles. The molecule has 1 heterocycles. The number of fused-ring (bicyclic) bond motifs is 1. The molecule has 5 heteroatoms. The summed E-state index contributed by atoms with van der Waals surface area (Å²) in [6.45, 7) is 4.68. The van der Waals surface area contributed by atoms with Crippen LogP contribution >= 0.6 is 0 Å². The molecule has 104 valence electrons. The molecule has 1 aromatic heterocycles. The molecule has 2 aromatic rings. The number of benzene rings is 1. The van der Waals surface area contributed by atoms with Gasteiger partial charge in [-0.3, -0.25) is 0 Å². The molecule has 2 rings (SSSR count). The highest BCUT2D eigenvalue weighted by molar-refractivity contribution is 7.97. The van der Waals surface area contributed by atoms with Gasteiger partial charge in [0.15, 0.2) is 9.84 Å². The Balaban J connectivity index is 2.55. The Morgan fingerprint density at radius 1 is 1.30 bits per heavy atom. The van der Waals surface area contributed by atoms with Gasteiger partial charge in [0.2, 0.25) is 0 Å². The fourth-order valence-corrected chi connectivity index (χ4v) is 2.75. The lowest BCUT2D eigenvalue weighted by Gasteiger charge is -2.17. The fraction of sp³-hybridized carbons (Fsp3) is 0.267.